The minimum Gasteiger partial charge on any atom is -0.338 e. The fourth-order valence-electron chi connectivity index (χ4n) is 1.68. The third-order valence-electron chi connectivity index (χ3n) is 2.53. The maximum atomic E-state index is 11.7. The Morgan fingerprint density at radius 1 is 1.29 bits per heavy atom. The molecular weight excluding hydrogens is 176 g/mol. The number of hydrogen-bond donors (Lipinski definition) is 0. The second-order valence-electron chi connectivity index (χ2n) is 3.52. The zero-order valence-electron chi connectivity index (χ0n) is 8.62. The average Bonchev–Trinajstić information content (AvgIpc) is 2.47. The topological polar surface area (TPSA) is 44.1 Å². The number of allylic oxidation sites excluding steroid dienone is 1. The molecule has 14 heavy (non-hydrogen) atoms. The molecule has 0 saturated carbocycles. The summed E-state index contributed by atoms with van der Waals surface area (Å²) in [5.74, 6) is -0.100. The van der Waals surface area contributed by atoms with Gasteiger partial charge in [-0.2, -0.15) is 5.26 Å². The van der Waals surface area contributed by atoms with E-state index in [0.717, 1.165) is 25.9 Å². The summed E-state index contributed by atoms with van der Waals surface area (Å²) >= 11 is 0. The van der Waals surface area contributed by atoms with Crippen molar-refractivity contribution in [1.82, 2.24) is 4.90 Å². The van der Waals surface area contributed by atoms with Crippen molar-refractivity contribution in [3.63, 3.8) is 0 Å². The highest BCUT2D eigenvalue weighted by atomic mass is 16.2. The predicted molar refractivity (Wildman–Crippen MR) is 54.4 cm³/mol. The summed E-state index contributed by atoms with van der Waals surface area (Å²) in [6.45, 7) is 3.34. The predicted octanol–water partition coefficient (Wildman–Crippen LogP) is 1.86. The molecule has 1 fully saturated rings. The van der Waals surface area contributed by atoms with Crippen molar-refractivity contribution < 1.29 is 4.79 Å². The van der Waals surface area contributed by atoms with Crippen molar-refractivity contribution in [2.75, 3.05) is 13.1 Å². The molecule has 0 aliphatic carbocycles. The van der Waals surface area contributed by atoms with Gasteiger partial charge >= 0.3 is 0 Å². The molecule has 0 spiro atoms. The molecule has 1 saturated heterocycles. The van der Waals surface area contributed by atoms with Gasteiger partial charge in [-0.3, -0.25) is 4.79 Å². The van der Waals surface area contributed by atoms with E-state index in [0.29, 0.717) is 0 Å². The van der Waals surface area contributed by atoms with Gasteiger partial charge in [0.2, 0.25) is 0 Å². The van der Waals surface area contributed by atoms with Gasteiger partial charge < -0.3 is 4.90 Å². The van der Waals surface area contributed by atoms with Crippen LogP contribution in [0.1, 0.15) is 32.6 Å². The van der Waals surface area contributed by atoms with Crippen LogP contribution >= 0.6 is 0 Å². The van der Waals surface area contributed by atoms with Crippen LogP contribution in [0.3, 0.4) is 0 Å². The molecule has 1 heterocycles. The summed E-state index contributed by atoms with van der Waals surface area (Å²) in [5, 5.41) is 8.73. The first-order chi connectivity index (χ1) is 6.79. The molecule has 3 nitrogen and oxygen atoms in total. The van der Waals surface area contributed by atoms with Crippen LogP contribution in [0.4, 0.5) is 0 Å². The zero-order valence-corrected chi connectivity index (χ0v) is 8.62. The van der Waals surface area contributed by atoms with Crippen LogP contribution in [0.5, 0.6) is 0 Å². The van der Waals surface area contributed by atoms with Gasteiger partial charge in [0.15, 0.2) is 0 Å². The molecular formula is C11H16N2O. The van der Waals surface area contributed by atoms with Crippen molar-refractivity contribution in [1.29, 1.82) is 5.26 Å². The fourth-order valence-corrected chi connectivity index (χ4v) is 1.68. The molecule has 76 valence electrons. The van der Waals surface area contributed by atoms with E-state index in [2.05, 4.69) is 0 Å². The standard InChI is InChI=1S/C11H16N2O/c1-2-10(9-12)11(14)13-7-5-3-4-6-8-13/h2H,3-8H2,1H3/b10-2+. The Hall–Kier alpha value is -1.30. The quantitative estimate of drug-likeness (QED) is 0.470. The van der Waals surface area contributed by atoms with E-state index in [9.17, 15) is 4.79 Å². The van der Waals surface area contributed by atoms with Gasteiger partial charge in [0.1, 0.15) is 11.6 Å². The monoisotopic (exact) mass is 192 g/mol. The Morgan fingerprint density at radius 3 is 2.29 bits per heavy atom. The molecule has 0 aromatic rings. The van der Waals surface area contributed by atoms with Crippen LogP contribution in [0.15, 0.2) is 11.6 Å². The van der Waals surface area contributed by atoms with Gasteiger partial charge in [-0.25, -0.2) is 0 Å². The summed E-state index contributed by atoms with van der Waals surface area (Å²) in [4.78, 5) is 13.5. The second kappa shape index (κ2) is 5.43. The van der Waals surface area contributed by atoms with Gasteiger partial charge in [0.25, 0.3) is 5.91 Å². The Kier molecular flexibility index (Phi) is 4.18. The maximum Gasteiger partial charge on any atom is 0.264 e. The summed E-state index contributed by atoms with van der Waals surface area (Å²) in [5.41, 5.74) is 0.270. The van der Waals surface area contributed by atoms with Crippen molar-refractivity contribution in [2.24, 2.45) is 0 Å². The van der Waals surface area contributed by atoms with Gasteiger partial charge in [0, 0.05) is 13.1 Å². The molecule has 0 unspecified atom stereocenters. The largest absolute Gasteiger partial charge is 0.338 e. The van der Waals surface area contributed by atoms with Crippen molar-refractivity contribution in [3.05, 3.63) is 11.6 Å². The Balaban J connectivity index is 2.63. The highest BCUT2D eigenvalue weighted by molar-refractivity contribution is 5.97. The number of nitriles is 1. The van der Waals surface area contributed by atoms with Gasteiger partial charge in [-0.05, 0) is 19.8 Å². The van der Waals surface area contributed by atoms with Crippen LogP contribution in [0.25, 0.3) is 0 Å². The number of amides is 1. The molecule has 0 radical (unpaired) electrons. The fraction of sp³-hybridized carbons (Fsp3) is 0.636. The SMILES string of the molecule is C/C=C(\C#N)C(=O)N1CCCCCC1. The Labute approximate surface area is 85.0 Å². The molecule has 0 N–H and O–H groups in total. The average molecular weight is 192 g/mol. The van der Waals surface area contributed by atoms with Crippen molar-refractivity contribution in [2.45, 2.75) is 32.6 Å². The van der Waals surface area contributed by atoms with E-state index in [1.54, 1.807) is 17.9 Å². The van der Waals surface area contributed by atoms with Crippen molar-refractivity contribution >= 4 is 5.91 Å². The molecule has 1 rings (SSSR count). The third kappa shape index (κ3) is 2.59. The van der Waals surface area contributed by atoms with E-state index in [1.807, 2.05) is 6.07 Å². The number of carbonyl (C=O) groups is 1. The second-order valence-corrected chi connectivity index (χ2v) is 3.52. The van der Waals surface area contributed by atoms with E-state index >= 15 is 0 Å². The first kappa shape index (κ1) is 10.8. The molecule has 1 amide bonds. The van der Waals surface area contributed by atoms with Crippen molar-refractivity contribution in [3.8, 4) is 6.07 Å². The van der Waals surface area contributed by atoms with Gasteiger partial charge in [-0.1, -0.05) is 18.9 Å². The Bertz CT molecular complexity index is 268. The smallest absolute Gasteiger partial charge is 0.264 e. The summed E-state index contributed by atoms with van der Waals surface area (Å²) in [6, 6.07) is 1.94. The van der Waals surface area contributed by atoms with Crippen LogP contribution in [0.2, 0.25) is 0 Å². The maximum absolute atomic E-state index is 11.7. The molecule has 0 aromatic carbocycles. The summed E-state index contributed by atoms with van der Waals surface area (Å²) < 4.78 is 0. The zero-order chi connectivity index (χ0) is 10.4. The minimum absolute atomic E-state index is 0.100. The molecule has 1 aliphatic heterocycles. The van der Waals surface area contributed by atoms with Crippen LogP contribution in [0, 0.1) is 11.3 Å². The first-order valence-electron chi connectivity index (χ1n) is 5.15. The summed E-state index contributed by atoms with van der Waals surface area (Å²) in [7, 11) is 0. The number of carbonyl (C=O) groups excluding carboxylic acids is 1. The molecule has 0 aromatic heterocycles. The van der Waals surface area contributed by atoms with Crippen LogP contribution < -0.4 is 0 Å². The number of rotatable bonds is 1. The van der Waals surface area contributed by atoms with E-state index in [4.69, 9.17) is 5.26 Å². The number of likely N-dealkylation sites (tertiary alicyclic amines) is 1. The number of hydrogen-bond acceptors (Lipinski definition) is 2. The first-order valence-corrected chi connectivity index (χ1v) is 5.15. The van der Waals surface area contributed by atoms with E-state index in [-0.39, 0.29) is 11.5 Å². The molecule has 0 atom stereocenters. The molecule has 1 aliphatic rings. The van der Waals surface area contributed by atoms with E-state index in [1.165, 1.54) is 12.8 Å². The summed E-state index contributed by atoms with van der Waals surface area (Å²) in [6.07, 6.45) is 6.11. The van der Waals surface area contributed by atoms with Gasteiger partial charge in [0.05, 0.1) is 0 Å². The van der Waals surface area contributed by atoms with Gasteiger partial charge in [-0.15, -0.1) is 0 Å². The lowest BCUT2D eigenvalue weighted by Gasteiger charge is -2.19. The molecule has 3 heteroatoms. The van der Waals surface area contributed by atoms with Crippen LogP contribution in [-0.4, -0.2) is 23.9 Å². The molecule has 0 bridgehead atoms. The van der Waals surface area contributed by atoms with E-state index < -0.39 is 0 Å². The van der Waals surface area contributed by atoms with Crippen LogP contribution in [-0.2, 0) is 4.79 Å². The lowest BCUT2D eigenvalue weighted by atomic mass is 10.2. The lowest BCUT2D eigenvalue weighted by molar-refractivity contribution is -0.126. The number of nitrogens with zero attached hydrogens (tertiary/aromatic N) is 2. The Morgan fingerprint density at radius 2 is 1.86 bits per heavy atom. The lowest BCUT2D eigenvalue weighted by Crippen LogP contribution is -2.32. The minimum atomic E-state index is -0.100. The third-order valence-corrected chi connectivity index (χ3v) is 2.53. The normalized spacial score (nSPS) is 18.6. The highest BCUT2D eigenvalue weighted by Gasteiger charge is 2.18. The highest BCUT2D eigenvalue weighted by Crippen LogP contribution is 2.12.